The average molecular weight is 374 g/mol. The Kier molecular flexibility index (Phi) is 4.80. The zero-order valence-electron chi connectivity index (χ0n) is 10.1. The molecular formula is C13H10BrClN2O2S. The summed E-state index contributed by atoms with van der Waals surface area (Å²) in [6, 6.07) is 13.2. The third-order valence-electron chi connectivity index (χ3n) is 2.36. The Hall–Kier alpha value is -1.37. The summed E-state index contributed by atoms with van der Waals surface area (Å²) in [4.78, 5) is 2.25. The van der Waals surface area contributed by atoms with E-state index in [9.17, 15) is 8.42 Å². The van der Waals surface area contributed by atoms with E-state index < -0.39 is 10.0 Å². The Morgan fingerprint density at radius 2 is 1.85 bits per heavy atom. The second kappa shape index (κ2) is 6.39. The van der Waals surface area contributed by atoms with Gasteiger partial charge < -0.3 is 0 Å². The van der Waals surface area contributed by atoms with Gasteiger partial charge in [0.05, 0.1) is 11.1 Å². The summed E-state index contributed by atoms with van der Waals surface area (Å²) in [7, 11) is -3.68. The van der Waals surface area contributed by atoms with Crippen molar-refractivity contribution < 1.29 is 8.42 Å². The molecule has 20 heavy (non-hydrogen) atoms. The molecule has 2 aromatic carbocycles. The minimum Gasteiger partial charge on any atom is -0.200 e. The van der Waals surface area contributed by atoms with Gasteiger partial charge in [-0.2, -0.15) is 13.5 Å². The Morgan fingerprint density at radius 1 is 1.15 bits per heavy atom. The fraction of sp³-hybridized carbons (Fsp3) is 0. The van der Waals surface area contributed by atoms with Gasteiger partial charge in [0.25, 0.3) is 10.0 Å². The van der Waals surface area contributed by atoms with Crippen LogP contribution in [-0.4, -0.2) is 14.6 Å². The van der Waals surface area contributed by atoms with Gasteiger partial charge in [-0.15, -0.1) is 0 Å². The lowest BCUT2D eigenvalue weighted by molar-refractivity contribution is 0.584. The summed E-state index contributed by atoms with van der Waals surface area (Å²) >= 11 is 9.04. The van der Waals surface area contributed by atoms with Gasteiger partial charge in [-0.1, -0.05) is 39.7 Å². The largest absolute Gasteiger partial charge is 0.276 e. The van der Waals surface area contributed by atoms with E-state index in [-0.39, 0.29) is 4.90 Å². The Labute approximate surface area is 130 Å². The third kappa shape index (κ3) is 4.06. The van der Waals surface area contributed by atoms with Crippen LogP contribution in [0, 0.1) is 0 Å². The molecule has 0 aliphatic rings. The highest BCUT2D eigenvalue weighted by atomic mass is 79.9. The fourth-order valence-corrected chi connectivity index (χ4v) is 2.76. The molecule has 0 spiro atoms. The van der Waals surface area contributed by atoms with E-state index in [4.69, 9.17) is 11.6 Å². The molecule has 0 saturated carbocycles. The molecule has 0 saturated heterocycles. The lowest BCUT2D eigenvalue weighted by atomic mass is 10.2. The maximum atomic E-state index is 11.9. The van der Waals surface area contributed by atoms with Crippen LogP contribution in [0.4, 0.5) is 0 Å². The average Bonchev–Trinajstić information content (AvgIpc) is 2.39. The molecular weight excluding hydrogens is 364 g/mol. The summed E-state index contributed by atoms with van der Waals surface area (Å²) in [5, 5.41) is 4.21. The SMILES string of the molecule is O=S(=O)(N/N=C/c1cccc(Br)c1)c1ccc(Cl)cc1. The molecule has 0 fully saturated rings. The van der Waals surface area contributed by atoms with Gasteiger partial charge >= 0.3 is 0 Å². The maximum Gasteiger partial charge on any atom is 0.276 e. The first-order valence-electron chi connectivity index (χ1n) is 5.53. The number of halogens is 2. The highest BCUT2D eigenvalue weighted by molar-refractivity contribution is 9.10. The quantitative estimate of drug-likeness (QED) is 0.659. The molecule has 0 amide bonds. The first kappa shape index (κ1) is 15.0. The van der Waals surface area contributed by atoms with Crippen molar-refractivity contribution >= 4 is 43.8 Å². The van der Waals surface area contributed by atoms with E-state index >= 15 is 0 Å². The maximum absolute atomic E-state index is 11.9. The van der Waals surface area contributed by atoms with E-state index in [1.807, 2.05) is 24.3 Å². The first-order valence-corrected chi connectivity index (χ1v) is 8.19. The first-order chi connectivity index (χ1) is 9.47. The van der Waals surface area contributed by atoms with Gasteiger partial charge in [-0.05, 0) is 42.0 Å². The molecule has 0 unspecified atom stereocenters. The molecule has 4 nitrogen and oxygen atoms in total. The topological polar surface area (TPSA) is 58.5 Å². The predicted octanol–water partition coefficient (Wildman–Crippen LogP) is 3.41. The Morgan fingerprint density at radius 3 is 2.50 bits per heavy atom. The zero-order chi connectivity index (χ0) is 14.6. The summed E-state index contributed by atoms with van der Waals surface area (Å²) < 4.78 is 24.7. The molecule has 0 atom stereocenters. The minimum absolute atomic E-state index is 0.105. The normalized spacial score (nSPS) is 11.7. The number of hydrazone groups is 1. The van der Waals surface area contributed by atoms with Gasteiger partial charge in [0, 0.05) is 9.50 Å². The van der Waals surface area contributed by atoms with Crippen molar-refractivity contribution in [2.45, 2.75) is 4.90 Å². The molecule has 0 aliphatic carbocycles. The molecule has 0 bridgehead atoms. The lowest BCUT2D eigenvalue weighted by Gasteiger charge is -2.03. The summed E-state index contributed by atoms with van der Waals surface area (Å²) in [5.74, 6) is 0. The number of nitrogens with zero attached hydrogens (tertiary/aromatic N) is 1. The highest BCUT2D eigenvalue weighted by Gasteiger charge is 2.11. The van der Waals surface area contributed by atoms with E-state index in [1.165, 1.54) is 30.5 Å². The molecule has 7 heteroatoms. The molecule has 0 radical (unpaired) electrons. The van der Waals surface area contributed by atoms with Crippen molar-refractivity contribution in [2.75, 3.05) is 0 Å². The molecule has 0 aromatic heterocycles. The van der Waals surface area contributed by atoms with Crippen molar-refractivity contribution in [3.05, 3.63) is 63.6 Å². The van der Waals surface area contributed by atoms with E-state index in [1.54, 1.807) is 0 Å². The van der Waals surface area contributed by atoms with Crippen LogP contribution in [0.25, 0.3) is 0 Å². The number of sulfonamides is 1. The summed E-state index contributed by atoms with van der Waals surface area (Å²) in [6.45, 7) is 0. The van der Waals surface area contributed by atoms with Crippen molar-refractivity contribution in [1.29, 1.82) is 0 Å². The molecule has 2 rings (SSSR count). The standard InChI is InChI=1S/C13H10BrClN2O2S/c14-11-3-1-2-10(8-11)9-16-17-20(18,19)13-6-4-12(15)5-7-13/h1-9,17H/b16-9+. The van der Waals surface area contributed by atoms with Gasteiger partial charge in [0.2, 0.25) is 0 Å². The van der Waals surface area contributed by atoms with Crippen LogP contribution in [-0.2, 0) is 10.0 Å². The van der Waals surface area contributed by atoms with Crippen molar-refractivity contribution in [1.82, 2.24) is 4.83 Å². The van der Waals surface area contributed by atoms with Crippen LogP contribution < -0.4 is 4.83 Å². The second-order valence-corrected chi connectivity index (χ2v) is 6.87. The van der Waals surface area contributed by atoms with Gasteiger partial charge in [0.15, 0.2) is 0 Å². The number of hydrogen-bond donors (Lipinski definition) is 1. The van der Waals surface area contributed by atoms with Crippen LogP contribution in [0.3, 0.4) is 0 Å². The molecule has 0 heterocycles. The highest BCUT2D eigenvalue weighted by Crippen LogP contribution is 2.14. The van der Waals surface area contributed by atoms with Gasteiger partial charge in [-0.25, -0.2) is 4.83 Å². The number of nitrogens with one attached hydrogen (secondary N) is 1. The lowest BCUT2D eigenvalue weighted by Crippen LogP contribution is -2.18. The van der Waals surface area contributed by atoms with Crippen molar-refractivity contribution in [3.63, 3.8) is 0 Å². The predicted molar refractivity (Wildman–Crippen MR) is 83.5 cm³/mol. The van der Waals surface area contributed by atoms with Gasteiger partial charge in [0.1, 0.15) is 0 Å². The summed E-state index contributed by atoms with van der Waals surface area (Å²) in [6.07, 6.45) is 1.43. The zero-order valence-corrected chi connectivity index (χ0v) is 13.3. The fourth-order valence-electron chi connectivity index (χ4n) is 1.42. The number of rotatable bonds is 4. The van der Waals surface area contributed by atoms with E-state index in [2.05, 4.69) is 25.9 Å². The van der Waals surface area contributed by atoms with Crippen LogP contribution in [0.1, 0.15) is 5.56 Å². The van der Waals surface area contributed by atoms with Crippen LogP contribution >= 0.6 is 27.5 Å². The number of benzene rings is 2. The summed E-state index contributed by atoms with van der Waals surface area (Å²) in [5.41, 5.74) is 0.776. The molecule has 0 aliphatic heterocycles. The number of hydrogen-bond acceptors (Lipinski definition) is 3. The van der Waals surface area contributed by atoms with Crippen LogP contribution in [0.15, 0.2) is 63.0 Å². The van der Waals surface area contributed by atoms with E-state index in [0.717, 1.165) is 10.0 Å². The Balaban J connectivity index is 2.11. The second-order valence-electron chi connectivity index (χ2n) is 3.86. The Bertz CT molecular complexity index is 730. The minimum atomic E-state index is -3.68. The van der Waals surface area contributed by atoms with Crippen molar-refractivity contribution in [3.8, 4) is 0 Å². The molecule has 1 N–H and O–H groups in total. The van der Waals surface area contributed by atoms with Crippen LogP contribution in [0.5, 0.6) is 0 Å². The van der Waals surface area contributed by atoms with Crippen molar-refractivity contribution in [2.24, 2.45) is 5.10 Å². The smallest absolute Gasteiger partial charge is 0.200 e. The molecule has 104 valence electrons. The third-order valence-corrected chi connectivity index (χ3v) is 4.34. The van der Waals surface area contributed by atoms with E-state index in [0.29, 0.717) is 5.02 Å². The molecule has 2 aromatic rings. The van der Waals surface area contributed by atoms with Gasteiger partial charge in [-0.3, -0.25) is 0 Å². The monoisotopic (exact) mass is 372 g/mol. The van der Waals surface area contributed by atoms with Crippen LogP contribution in [0.2, 0.25) is 5.02 Å².